The van der Waals surface area contributed by atoms with Crippen LogP contribution in [0.1, 0.15) is 5.56 Å². The Labute approximate surface area is 124 Å². The second-order valence-electron chi connectivity index (χ2n) is 4.44. The Balaban J connectivity index is 2.46. The lowest BCUT2D eigenvalue weighted by Crippen LogP contribution is -2.06. The van der Waals surface area contributed by atoms with Gasteiger partial charge in [-0.2, -0.15) is 5.26 Å². The Morgan fingerprint density at radius 3 is 2.52 bits per heavy atom. The van der Waals surface area contributed by atoms with Gasteiger partial charge in [-0.1, -0.05) is 23.7 Å². The fraction of sp³-hybridized carbons (Fsp3) is 0. The zero-order valence-corrected chi connectivity index (χ0v) is 11.4. The minimum Gasteiger partial charge on any atom is -0.508 e. The van der Waals surface area contributed by atoms with Crippen LogP contribution in [0.3, 0.4) is 0 Å². The first-order valence-electron chi connectivity index (χ1n) is 6.06. The standard InChI is InChI=1S/C16H8ClNO3/c17-10-3-1-9(2-4-10)15-12-6-5-11(19)7-14(12)21-16(20)13(15)8-18/h1-7,19H. The van der Waals surface area contributed by atoms with Crippen LogP contribution in [0.5, 0.6) is 5.75 Å². The maximum Gasteiger partial charge on any atom is 0.354 e. The third-order valence-corrected chi connectivity index (χ3v) is 3.39. The molecular weight excluding hydrogens is 290 g/mol. The number of fused-ring (bicyclic) bond motifs is 1. The molecule has 1 heterocycles. The van der Waals surface area contributed by atoms with Gasteiger partial charge < -0.3 is 9.52 Å². The van der Waals surface area contributed by atoms with E-state index in [0.29, 0.717) is 21.5 Å². The van der Waals surface area contributed by atoms with E-state index in [2.05, 4.69) is 0 Å². The first-order valence-corrected chi connectivity index (χ1v) is 6.44. The SMILES string of the molecule is N#Cc1c(-c2ccc(Cl)cc2)c2ccc(O)cc2oc1=O. The number of benzene rings is 2. The molecule has 0 spiro atoms. The molecule has 21 heavy (non-hydrogen) atoms. The molecule has 0 unspecified atom stereocenters. The van der Waals surface area contributed by atoms with Gasteiger partial charge in [0.05, 0.1) is 0 Å². The summed E-state index contributed by atoms with van der Waals surface area (Å²) in [7, 11) is 0. The minimum atomic E-state index is -0.736. The van der Waals surface area contributed by atoms with Crippen LogP contribution in [0, 0.1) is 11.3 Å². The number of hydrogen-bond acceptors (Lipinski definition) is 4. The molecule has 0 bridgehead atoms. The lowest BCUT2D eigenvalue weighted by Gasteiger charge is -2.08. The van der Waals surface area contributed by atoms with E-state index in [9.17, 15) is 15.2 Å². The first-order chi connectivity index (χ1) is 10.1. The van der Waals surface area contributed by atoms with Gasteiger partial charge in [-0.15, -0.1) is 0 Å². The van der Waals surface area contributed by atoms with Crippen LogP contribution >= 0.6 is 11.6 Å². The Bertz CT molecular complexity index is 937. The molecule has 0 saturated carbocycles. The molecule has 0 aliphatic carbocycles. The van der Waals surface area contributed by atoms with E-state index in [-0.39, 0.29) is 16.9 Å². The second kappa shape index (κ2) is 4.97. The average Bonchev–Trinajstić information content (AvgIpc) is 2.46. The molecule has 1 aromatic heterocycles. The second-order valence-corrected chi connectivity index (χ2v) is 4.88. The Hall–Kier alpha value is -2.77. The van der Waals surface area contributed by atoms with Crippen LogP contribution in [0.4, 0.5) is 0 Å². The molecule has 0 aliphatic heterocycles. The van der Waals surface area contributed by atoms with Crippen LogP contribution in [-0.4, -0.2) is 5.11 Å². The highest BCUT2D eigenvalue weighted by Gasteiger charge is 2.16. The Morgan fingerprint density at radius 2 is 1.86 bits per heavy atom. The summed E-state index contributed by atoms with van der Waals surface area (Å²) >= 11 is 5.86. The van der Waals surface area contributed by atoms with E-state index >= 15 is 0 Å². The first kappa shape index (κ1) is 13.2. The highest BCUT2D eigenvalue weighted by Crippen LogP contribution is 2.32. The zero-order valence-electron chi connectivity index (χ0n) is 10.6. The van der Waals surface area contributed by atoms with E-state index in [1.165, 1.54) is 12.1 Å². The van der Waals surface area contributed by atoms with Crippen LogP contribution in [0.2, 0.25) is 5.02 Å². The zero-order chi connectivity index (χ0) is 15.0. The average molecular weight is 298 g/mol. The summed E-state index contributed by atoms with van der Waals surface area (Å²) in [6, 6.07) is 13.1. The highest BCUT2D eigenvalue weighted by atomic mass is 35.5. The van der Waals surface area contributed by atoms with Crippen molar-refractivity contribution in [3.8, 4) is 22.9 Å². The molecule has 0 saturated heterocycles. The van der Waals surface area contributed by atoms with Gasteiger partial charge in [0.1, 0.15) is 23.0 Å². The molecule has 3 rings (SSSR count). The van der Waals surface area contributed by atoms with Crippen LogP contribution in [0.15, 0.2) is 51.7 Å². The number of phenolic OH excluding ortho intramolecular Hbond substituents is 1. The van der Waals surface area contributed by atoms with Crippen LogP contribution < -0.4 is 5.63 Å². The van der Waals surface area contributed by atoms with Crippen LogP contribution in [-0.2, 0) is 0 Å². The quantitative estimate of drug-likeness (QED) is 0.695. The molecule has 0 fully saturated rings. The molecule has 3 aromatic rings. The normalized spacial score (nSPS) is 10.5. The molecule has 0 radical (unpaired) electrons. The summed E-state index contributed by atoms with van der Waals surface area (Å²) in [5.74, 6) is -0.0163. The summed E-state index contributed by atoms with van der Waals surface area (Å²) in [6.45, 7) is 0. The monoisotopic (exact) mass is 297 g/mol. The lowest BCUT2D eigenvalue weighted by atomic mass is 9.97. The van der Waals surface area contributed by atoms with Crippen molar-refractivity contribution >= 4 is 22.6 Å². The van der Waals surface area contributed by atoms with Gasteiger partial charge in [0, 0.05) is 22.0 Å². The Morgan fingerprint density at radius 1 is 1.14 bits per heavy atom. The number of rotatable bonds is 1. The molecule has 102 valence electrons. The molecule has 0 atom stereocenters. The molecule has 2 aromatic carbocycles. The van der Waals surface area contributed by atoms with Crippen molar-refractivity contribution in [2.24, 2.45) is 0 Å². The molecule has 4 nitrogen and oxygen atoms in total. The maximum atomic E-state index is 11.9. The van der Waals surface area contributed by atoms with E-state index < -0.39 is 5.63 Å². The maximum absolute atomic E-state index is 11.9. The van der Waals surface area contributed by atoms with Crippen molar-refractivity contribution in [1.29, 1.82) is 5.26 Å². The van der Waals surface area contributed by atoms with E-state index in [1.54, 1.807) is 30.3 Å². The third-order valence-electron chi connectivity index (χ3n) is 3.14. The molecular formula is C16H8ClNO3. The predicted octanol–water partition coefficient (Wildman–Crippen LogP) is 3.69. The number of halogens is 1. The summed E-state index contributed by atoms with van der Waals surface area (Å²) < 4.78 is 5.09. The molecule has 5 heteroatoms. The third kappa shape index (κ3) is 2.24. The Kier molecular flexibility index (Phi) is 3.13. The fourth-order valence-electron chi connectivity index (χ4n) is 2.21. The predicted molar refractivity (Wildman–Crippen MR) is 79.3 cm³/mol. The summed E-state index contributed by atoms with van der Waals surface area (Å²) in [5, 5.41) is 19.9. The van der Waals surface area contributed by atoms with Gasteiger partial charge in [-0.25, -0.2) is 4.79 Å². The van der Waals surface area contributed by atoms with Crippen molar-refractivity contribution in [2.45, 2.75) is 0 Å². The van der Waals surface area contributed by atoms with Gasteiger partial charge in [0.15, 0.2) is 0 Å². The van der Waals surface area contributed by atoms with E-state index in [1.807, 2.05) is 6.07 Å². The van der Waals surface area contributed by atoms with Gasteiger partial charge in [-0.05, 0) is 29.8 Å². The van der Waals surface area contributed by atoms with Crippen molar-refractivity contribution in [3.05, 3.63) is 63.5 Å². The van der Waals surface area contributed by atoms with Crippen molar-refractivity contribution in [3.63, 3.8) is 0 Å². The summed E-state index contributed by atoms with van der Waals surface area (Å²) in [6.07, 6.45) is 0. The summed E-state index contributed by atoms with van der Waals surface area (Å²) in [5.41, 5.74) is 0.569. The smallest absolute Gasteiger partial charge is 0.354 e. The van der Waals surface area contributed by atoms with Gasteiger partial charge in [0.2, 0.25) is 0 Å². The molecule has 0 aliphatic rings. The van der Waals surface area contributed by atoms with Crippen molar-refractivity contribution in [2.75, 3.05) is 0 Å². The number of nitrogens with zero attached hydrogens (tertiary/aromatic N) is 1. The summed E-state index contributed by atoms with van der Waals surface area (Å²) in [4.78, 5) is 11.9. The number of nitriles is 1. The fourth-order valence-corrected chi connectivity index (χ4v) is 2.33. The molecule has 0 amide bonds. The minimum absolute atomic E-state index is 0.0163. The number of hydrogen-bond donors (Lipinski definition) is 1. The van der Waals surface area contributed by atoms with Crippen molar-refractivity contribution < 1.29 is 9.52 Å². The highest BCUT2D eigenvalue weighted by molar-refractivity contribution is 6.30. The topological polar surface area (TPSA) is 74.2 Å². The number of aromatic hydroxyl groups is 1. The molecule has 1 N–H and O–H groups in total. The largest absolute Gasteiger partial charge is 0.508 e. The van der Waals surface area contributed by atoms with Crippen LogP contribution in [0.25, 0.3) is 22.1 Å². The van der Waals surface area contributed by atoms with Gasteiger partial charge in [0.25, 0.3) is 0 Å². The van der Waals surface area contributed by atoms with E-state index in [4.69, 9.17) is 16.0 Å². The van der Waals surface area contributed by atoms with Gasteiger partial charge in [-0.3, -0.25) is 0 Å². The number of phenols is 1. The van der Waals surface area contributed by atoms with E-state index in [0.717, 1.165) is 0 Å². The van der Waals surface area contributed by atoms with Crippen molar-refractivity contribution in [1.82, 2.24) is 0 Å². The van der Waals surface area contributed by atoms with Gasteiger partial charge >= 0.3 is 5.63 Å². The lowest BCUT2D eigenvalue weighted by molar-refractivity contribution is 0.473.